The molecule has 0 bridgehead atoms. The molecule has 0 fully saturated rings. The van der Waals surface area contributed by atoms with Crippen LogP contribution >= 0.6 is 31.9 Å². The summed E-state index contributed by atoms with van der Waals surface area (Å²) >= 11 is 6.23. The average molecular weight is 317 g/mol. The van der Waals surface area contributed by atoms with Crippen molar-refractivity contribution in [2.45, 2.75) is 6.61 Å². The number of nitrogens with two attached hydrogens (primary N) is 1. The van der Waals surface area contributed by atoms with E-state index in [2.05, 4.69) is 36.6 Å². The van der Waals surface area contributed by atoms with Crippen molar-refractivity contribution in [1.82, 2.24) is 0 Å². The first-order valence-corrected chi connectivity index (χ1v) is 4.78. The molecule has 0 heterocycles. The first-order valence-electron chi connectivity index (χ1n) is 3.20. The first-order chi connectivity index (χ1) is 6.00. The zero-order valence-electron chi connectivity index (χ0n) is 6.23. The number of hydrogen-bond acceptors (Lipinski definition) is 2. The molecule has 6 heteroatoms. The van der Waals surface area contributed by atoms with E-state index in [4.69, 9.17) is 5.73 Å². The summed E-state index contributed by atoms with van der Waals surface area (Å²) in [5, 5.41) is 0. The van der Waals surface area contributed by atoms with Crippen LogP contribution in [0, 0.1) is 0 Å². The van der Waals surface area contributed by atoms with Crippen molar-refractivity contribution in [3.63, 3.8) is 0 Å². The molecule has 0 aliphatic rings. The van der Waals surface area contributed by atoms with Crippen molar-refractivity contribution in [3.05, 3.63) is 21.1 Å². The highest BCUT2D eigenvalue weighted by molar-refractivity contribution is 9.11. The second-order valence-electron chi connectivity index (χ2n) is 2.18. The molecule has 2 nitrogen and oxygen atoms in total. The summed E-state index contributed by atoms with van der Waals surface area (Å²) in [6, 6.07) is 3.03. The van der Waals surface area contributed by atoms with Gasteiger partial charge in [-0.25, -0.2) is 0 Å². The van der Waals surface area contributed by atoms with Crippen LogP contribution in [0.4, 0.5) is 14.5 Å². The molecule has 1 rings (SSSR count). The molecule has 13 heavy (non-hydrogen) atoms. The van der Waals surface area contributed by atoms with E-state index in [1.165, 1.54) is 6.07 Å². The van der Waals surface area contributed by atoms with Gasteiger partial charge in [-0.15, -0.1) is 0 Å². The van der Waals surface area contributed by atoms with Gasteiger partial charge in [-0.3, -0.25) is 0 Å². The van der Waals surface area contributed by atoms with E-state index < -0.39 is 6.61 Å². The molecule has 0 aliphatic heterocycles. The smallest absolute Gasteiger partial charge is 0.387 e. The van der Waals surface area contributed by atoms with Crippen LogP contribution in [-0.4, -0.2) is 6.61 Å². The van der Waals surface area contributed by atoms with Crippen molar-refractivity contribution >= 4 is 37.5 Å². The van der Waals surface area contributed by atoms with Gasteiger partial charge in [0.1, 0.15) is 0 Å². The third-order valence-corrected chi connectivity index (χ3v) is 2.39. The fourth-order valence-corrected chi connectivity index (χ4v) is 1.94. The highest BCUT2D eigenvalue weighted by Gasteiger charge is 2.10. The zero-order valence-corrected chi connectivity index (χ0v) is 9.40. The normalized spacial score (nSPS) is 10.5. The van der Waals surface area contributed by atoms with Crippen LogP contribution in [0.3, 0.4) is 0 Å². The Balaban J connectivity index is 3.05. The predicted molar refractivity (Wildman–Crippen MR) is 52.9 cm³/mol. The van der Waals surface area contributed by atoms with E-state index >= 15 is 0 Å². The van der Waals surface area contributed by atoms with Gasteiger partial charge < -0.3 is 10.5 Å². The summed E-state index contributed by atoms with van der Waals surface area (Å²) in [5.74, 6) is -0.0451. The van der Waals surface area contributed by atoms with Crippen LogP contribution in [0.5, 0.6) is 5.75 Å². The summed E-state index contributed by atoms with van der Waals surface area (Å²) < 4.78 is 29.0. The lowest BCUT2D eigenvalue weighted by Gasteiger charge is -2.09. The van der Waals surface area contributed by atoms with Crippen LogP contribution in [0.15, 0.2) is 21.1 Å². The van der Waals surface area contributed by atoms with Gasteiger partial charge in [0.25, 0.3) is 0 Å². The Bertz CT molecular complexity index is 320. The Labute approximate surface area is 90.3 Å². The number of benzene rings is 1. The van der Waals surface area contributed by atoms with Gasteiger partial charge in [0, 0.05) is 8.95 Å². The van der Waals surface area contributed by atoms with Crippen molar-refractivity contribution in [1.29, 1.82) is 0 Å². The molecule has 0 atom stereocenters. The number of rotatable bonds is 2. The lowest BCUT2D eigenvalue weighted by Crippen LogP contribution is -2.04. The van der Waals surface area contributed by atoms with Crippen molar-refractivity contribution in [3.8, 4) is 5.75 Å². The fourth-order valence-electron chi connectivity index (χ4n) is 0.755. The third kappa shape index (κ3) is 2.80. The molecule has 0 radical (unpaired) electrons. The lowest BCUT2D eigenvalue weighted by molar-refractivity contribution is -0.0493. The number of hydrogen-bond donors (Lipinski definition) is 1. The summed E-state index contributed by atoms with van der Waals surface area (Å²) in [7, 11) is 0. The number of ether oxygens (including phenoxy) is 1. The maximum Gasteiger partial charge on any atom is 0.387 e. The second kappa shape index (κ2) is 4.23. The van der Waals surface area contributed by atoms with Gasteiger partial charge in [-0.05, 0) is 28.1 Å². The molecule has 0 spiro atoms. The van der Waals surface area contributed by atoms with Crippen LogP contribution in [0.25, 0.3) is 0 Å². The summed E-state index contributed by atoms with van der Waals surface area (Å²) in [6.07, 6.45) is 0. The Kier molecular flexibility index (Phi) is 3.49. The molecule has 1 aromatic carbocycles. The molecule has 0 amide bonds. The van der Waals surface area contributed by atoms with E-state index in [9.17, 15) is 8.78 Å². The van der Waals surface area contributed by atoms with E-state index in [0.717, 1.165) is 0 Å². The van der Waals surface area contributed by atoms with Crippen molar-refractivity contribution in [2.24, 2.45) is 0 Å². The molecule has 72 valence electrons. The first kappa shape index (κ1) is 10.7. The molecule has 0 unspecified atom stereocenters. The molecule has 1 aromatic rings. The van der Waals surface area contributed by atoms with E-state index in [0.29, 0.717) is 8.95 Å². The monoisotopic (exact) mass is 315 g/mol. The molecule has 2 N–H and O–H groups in total. The van der Waals surface area contributed by atoms with Crippen molar-refractivity contribution in [2.75, 3.05) is 5.73 Å². The molecule has 0 aliphatic carbocycles. The average Bonchev–Trinajstić information content (AvgIpc) is 1.98. The molecule has 0 saturated heterocycles. The van der Waals surface area contributed by atoms with E-state index in [1.807, 2.05) is 0 Å². The number of alkyl halides is 2. The maximum atomic E-state index is 11.9. The number of anilines is 1. The Hall–Kier alpha value is -0.360. The van der Waals surface area contributed by atoms with Gasteiger partial charge in [0.05, 0.1) is 5.69 Å². The van der Waals surface area contributed by atoms with Crippen LogP contribution < -0.4 is 10.5 Å². The van der Waals surface area contributed by atoms with Crippen LogP contribution in [-0.2, 0) is 0 Å². The van der Waals surface area contributed by atoms with E-state index in [1.54, 1.807) is 6.07 Å². The highest BCUT2D eigenvalue weighted by Crippen LogP contribution is 2.34. The van der Waals surface area contributed by atoms with Gasteiger partial charge in [0.15, 0.2) is 5.75 Å². The van der Waals surface area contributed by atoms with Crippen molar-refractivity contribution < 1.29 is 13.5 Å². The Morgan fingerprint density at radius 3 is 2.46 bits per heavy atom. The molecular weight excluding hydrogens is 312 g/mol. The van der Waals surface area contributed by atoms with Gasteiger partial charge in [-0.2, -0.15) is 8.78 Å². The van der Waals surface area contributed by atoms with Gasteiger partial charge in [-0.1, -0.05) is 15.9 Å². The Morgan fingerprint density at radius 2 is 1.92 bits per heavy atom. The van der Waals surface area contributed by atoms with E-state index in [-0.39, 0.29) is 11.4 Å². The summed E-state index contributed by atoms with van der Waals surface area (Å²) in [5.41, 5.74) is 5.63. The Morgan fingerprint density at radius 1 is 1.31 bits per heavy atom. The minimum absolute atomic E-state index is 0.0451. The largest absolute Gasteiger partial charge is 0.433 e. The quantitative estimate of drug-likeness (QED) is 0.849. The molecular formula is C7H5Br2F2NO. The minimum atomic E-state index is -2.87. The van der Waals surface area contributed by atoms with Gasteiger partial charge in [0.2, 0.25) is 0 Å². The standard InChI is InChI=1S/C7H5Br2F2NO/c8-3-1-4(9)6(12)5(2-3)13-7(10)11/h1-2,7H,12H2. The summed E-state index contributed by atoms with van der Waals surface area (Å²) in [4.78, 5) is 0. The third-order valence-electron chi connectivity index (χ3n) is 1.27. The molecule has 0 saturated carbocycles. The lowest BCUT2D eigenvalue weighted by atomic mass is 10.3. The highest BCUT2D eigenvalue weighted by atomic mass is 79.9. The molecule has 0 aromatic heterocycles. The maximum absolute atomic E-state index is 11.9. The number of halogens is 4. The SMILES string of the molecule is Nc1c(Br)cc(Br)cc1OC(F)F. The summed E-state index contributed by atoms with van der Waals surface area (Å²) in [6.45, 7) is -2.87. The minimum Gasteiger partial charge on any atom is -0.433 e. The van der Waals surface area contributed by atoms with Crippen LogP contribution in [0.2, 0.25) is 0 Å². The van der Waals surface area contributed by atoms with Gasteiger partial charge >= 0.3 is 6.61 Å². The predicted octanol–water partition coefficient (Wildman–Crippen LogP) is 3.40. The second-order valence-corrected chi connectivity index (χ2v) is 3.95. The zero-order chi connectivity index (χ0) is 10.0. The fraction of sp³-hybridized carbons (Fsp3) is 0.143. The van der Waals surface area contributed by atoms with Crippen LogP contribution in [0.1, 0.15) is 0 Å². The topological polar surface area (TPSA) is 35.2 Å². The number of nitrogen functional groups attached to an aromatic ring is 1.